The molecule has 1 amide bonds. The maximum atomic E-state index is 12.4. The quantitative estimate of drug-likeness (QED) is 0.351. The largest absolute Gasteiger partial charge is 0.467 e. The summed E-state index contributed by atoms with van der Waals surface area (Å²) >= 11 is 7.21. The number of amides is 1. The number of hydrogen-bond donors (Lipinski definition) is 2. The highest BCUT2D eigenvalue weighted by Crippen LogP contribution is 2.26. The van der Waals surface area contributed by atoms with Crippen molar-refractivity contribution in [1.29, 1.82) is 0 Å². The highest BCUT2D eigenvalue weighted by Gasteiger charge is 2.17. The van der Waals surface area contributed by atoms with Gasteiger partial charge in [-0.1, -0.05) is 23.4 Å². The van der Waals surface area contributed by atoms with E-state index < -0.39 is 10.0 Å². The molecular weight excluding hydrogens is 486 g/mol. The van der Waals surface area contributed by atoms with Gasteiger partial charge in [0.1, 0.15) is 5.76 Å². The average molecular weight is 504 g/mol. The van der Waals surface area contributed by atoms with Crippen molar-refractivity contribution in [1.82, 2.24) is 14.8 Å². The summed E-state index contributed by atoms with van der Waals surface area (Å²) in [4.78, 5) is 12.4. The smallest absolute Gasteiger partial charge is 0.238 e. The lowest BCUT2D eigenvalue weighted by Gasteiger charge is -2.09. The molecule has 4 rings (SSSR count). The summed E-state index contributed by atoms with van der Waals surface area (Å²) in [6.45, 7) is 0.386. The van der Waals surface area contributed by atoms with Crippen molar-refractivity contribution < 1.29 is 17.6 Å². The van der Waals surface area contributed by atoms with Crippen molar-refractivity contribution in [2.45, 2.75) is 16.6 Å². The van der Waals surface area contributed by atoms with E-state index >= 15 is 0 Å². The van der Waals surface area contributed by atoms with Gasteiger partial charge >= 0.3 is 0 Å². The molecule has 0 radical (unpaired) electrons. The number of carbonyl (C=O) groups excluding carboxylic acids is 1. The van der Waals surface area contributed by atoms with Crippen LogP contribution in [0.25, 0.3) is 11.4 Å². The molecule has 0 unspecified atom stereocenters. The lowest BCUT2D eigenvalue weighted by molar-refractivity contribution is -0.113. The zero-order valence-electron chi connectivity index (χ0n) is 17.0. The zero-order valence-corrected chi connectivity index (χ0v) is 19.4. The minimum atomic E-state index is -3.79. The molecule has 4 aromatic rings. The van der Waals surface area contributed by atoms with Crippen molar-refractivity contribution in [3.8, 4) is 11.4 Å². The fourth-order valence-electron chi connectivity index (χ4n) is 2.96. The number of furan rings is 1. The van der Waals surface area contributed by atoms with E-state index in [2.05, 4.69) is 15.5 Å². The van der Waals surface area contributed by atoms with E-state index in [1.807, 2.05) is 22.8 Å². The highest BCUT2D eigenvalue weighted by atomic mass is 35.5. The molecule has 2 aromatic heterocycles. The summed E-state index contributed by atoms with van der Waals surface area (Å²) in [7, 11) is -3.79. The number of anilines is 1. The van der Waals surface area contributed by atoms with Crippen molar-refractivity contribution >= 4 is 45.0 Å². The third-order valence-electron chi connectivity index (χ3n) is 4.51. The Balaban J connectivity index is 1.49. The van der Waals surface area contributed by atoms with Gasteiger partial charge in [0.15, 0.2) is 11.0 Å². The van der Waals surface area contributed by atoms with E-state index in [9.17, 15) is 13.2 Å². The first-order chi connectivity index (χ1) is 15.8. The second-order valence-electron chi connectivity index (χ2n) is 6.88. The number of thioether (sulfide) groups is 1. The Bertz CT molecular complexity index is 1350. The molecule has 0 saturated carbocycles. The molecule has 0 fully saturated rings. The predicted octanol–water partition coefficient (Wildman–Crippen LogP) is 3.62. The standard InChI is InChI=1S/C21H18ClN5O4S2/c22-15-5-3-14(4-6-15)20-25-26-21(27(20)12-17-2-1-11-31-17)32-13-19(28)24-16-7-9-18(10-8-16)33(23,29)30/h1-11H,12-13H2,(H,24,28)(H2,23,29,30). The first-order valence-electron chi connectivity index (χ1n) is 9.56. The van der Waals surface area contributed by atoms with Crippen molar-refractivity contribution in [2.75, 3.05) is 11.1 Å². The number of primary sulfonamides is 1. The van der Waals surface area contributed by atoms with Crippen molar-refractivity contribution in [3.63, 3.8) is 0 Å². The van der Waals surface area contributed by atoms with Gasteiger partial charge in [-0.05, 0) is 60.7 Å². The van der Waals surface area contributed by atoms with Crippen LogP contribution in [-0.2, 0) is 21.4 Å². The third-order valence-corrected chi connectivity index (χ3v) is 6.66. The Kier molecular flexibility index (Phi) is 6.84. The first kappa shape index (κ1) is 23.1. The van der Waals surface area contributed by atoms with Gasteiger partial charge in [-0.3, -0.25) is 9.36 Å². The monoisotopic (exact) mass is 503 g/mol. The maximum Gasteiger partial charge on any atom is 0.238 e. The molecule has 33 heavy (non-hydrogen) atoms. The summed E-state index contributed by atoms with van der Waals surface area (Å²) in [5.41, 5.74) is 1.27. The molecule has 170 valence electrons. The molecular formula is C21H18ClN5O4S2. The van der Waals surface area contributed by atoms with Crippen LogP contribution in [0.3, 0.4) is 0 Å². The Morgan fingerprint density at radius 2 is 1.82 bits per heavy atom. The summed E-state index contributed by atoms with van der Waals surface area (Å²) in [6, 6.07) is 16.5. The molecule has 0 spiro atoms. The molecule has 3 N–H and O–H groups in total. The van der Waals surface area contributed by atoms with Crippen LogP contribution in [0.2, 0.25) is 5.02 Å². The zero-order chi connectivity index (χ0) is 23.4. The van der Waals surface area contributed by atoms with E-state index in [1.165, 1.54) is 36.0 Å². The number of benzene rings is 2. The maximum absolute atomic E-state index is 12.4. The van der Waals surface area contributed by atoms with Gasteiger partial charge < -0.3 is 9.73 Å². The van der Waals surface area contributed by atoms with E-state index in [1.54, 1.807) is 24.5 Å². The summed E-state index contributed by atoms with van der Waals surface area (Å²) in [5.74, 6) is 1.10. The number of sulfonamides is 1. The van der Waals surface area contributed by atoms with Crippen molar-refractivity contribution in [2.24, 2.45) is 5.14 Å². The number of halogens is 1. The fourth-order valence-corrected chi connectivity index (χ4v) is 4.34. The molecule has 0 atom stereocenters. The van der Waals surface area contributed by atoms with E-state index in [-0.39, 0.29) is 16.6 Å². The Morgan fingerprint density at radius 1 is 1.09 bits per heavy atom. The van der Waals surface area contributed by atoms with Gasteiger partial charge in [0.2, 0.25) is 15.9 Å². The number of carbonyl (C=O) groups is 1. The van der Waals surface area contributed by atoms with Gasteiger partial charge in [-0.15, -0.1) is 10.2 Å². The second kappa shape index (κ2) is 9.79. The van der Waals surface area contributed by atoms with Crippen LogP contribution in [0, 0.1) is 0 Å². The number of hydrogen-bond acceptors (Lipinski definition) is 7. The first-order valence-corrected chi connectivity index (χ1v) is 12.5. The number of rotatable bonds is 8. The number of nitrogens with two attached hydrogens (primary N) is 1. The minimum absolute atomic E-state index is 0.0318. The SMILES string of the molecule is NS(=O)(=O)c1ccc(NC(=O)CSc2nnc(-c3ccc(Cl)cc3)n2Cc2ccco2)cc1. The molecule has 0 bridgehead atoms. The number of nitrogens with one attached hydrogen (secondary N) is 1. The van der Waals surface area contributed by atoms with Crippen molar-refractivity contribution in [3.05, 3.63) is 77.7 Å². The Morgan fingerprint density at radius 3 is 2.45 bits per heavy atom. The van der Waals surface area contributed by atoms with Gasteiger partial charge in [-0.25, -0.2) is 13.6 Å². The average Bonchev–Trinajstić information content (AvgIpc) is 3.43. The van der Waals surface area contributed by atoms with Crippen LogP contribution in [0.15, 0.2) is 81.4 Å². The van der Waals surface area contributed by atoms with Crippen LogP contribution in [0.5, 0.6) is 0 Å². The van der Waals surface area contributed by atoms with Crippen LogP contribution < -0.4 is 10.5 Å². The lowest BCUT2D eigenvalue weighted by Crippen LogP contribution is -2.15. The molecule has 12 heteroatoms. The topological polar surface area (TPSA) is 133 Å². The summed E-state index contributed by atoms with van der Waals surface area (Å²) in [6.07, 6.45) is 1.59. The van der Waals surface area contributed by atoms with Gasteiger partial charge in [0, 0.05) is 16.3 Å². The van der Waals surface area contributed by atoms with Crippen LogP contribution in [0.4, 0.5) is 5.69 Å². The molecule has 2 aromatic carbocycles. The molecule has 9 nitrogen and oxygen atoms in total. The third kappa shape index (κ3) is 5.82. The fraction of sp³-hybridized carbons (Fsp3) is 0.0952. The molecule has 0 saturated heterocycles. The van der Waals surface area contributed by atoms with E-state index in [0.717, 1.165) is 5.56 Å². The normalized spacial score (nSPS) is 11.5. The van der Waals surface area contributed by atoms with Gasteiger partial charge in [-0.2, -0.15) is 0 Å². The minimum Gasteiger partial charge on any atom is -0.467 e. The van der Waals surface area contributed by atoms with Gasteiger partial charge in [0.25, 0.3) is 0 Å². The van der Waals surface area contributed by atoms with Crippen LogP contribution in [-0.4, -0.2) is 34.8 Å². The van der Waals surface area contributed by atoms with Gasteiger partial charge in [0.05, 0.1) is 23.5 Å². The molecule has 2 heterocycles. The Hall–Kier alpha value is -3.12. The number of aromatic nitrogens is 3. The highest BCUT2D eigenvalue weighted by molar-refractivity contribution is 7.99. The molecule has 0 aliphatic carbocycles. The summed E-state index contributed by atoms with van der Waals surface area (Å²) < 4.78 is 30.0. The summed E-state index contributed by atoms with van der Waals surface area (Å²) in [5, 5.41) is 17.5. The predicted molar refractivity (Wildman–Crippen MR) is 125 cm³/mol. The lowest BCUT2D eigenvalue weighted by atomic mass is 10.2. The Labute approximate surface area is 199 Å². The second-order valence-corrected chi connectivity index (χ2v) is 9.83. The van der Waals surface area contributed by atoms with E-state index in [4.69, 9.17) is 21.2 Å². The number of nitrogens with zero attached hydrogens (tertiary/aromatic N) is 3. The van der Waals surface area contributed by atoms with Crippen LogP contribution in [0.1, 0.15) is 5.76 Å². The molecule has 0 aliphatic rings. The van der Waals surface area contributed by atoms with Crippen LogP contribution >= 0.6 is 23.4 Å². The molecule has 0 aliphatic heterocycles. The van der Waals surface area contributed by atoms with E-state index in [0.29, 0.717) is 34.0 Å².